The maximum absolute atomic E-state index is 10.6. The summed E-state index contributed by atoms with van der Waals surface area (Å²) in [5.41, 5.74) is 5.37. The lowest BCUT2D eigenvalue weighted by atomic mass is 10.3. The smallest absolute Gasteiger partial charge is 0.197 e. The molecule has 6 N–H and O–H groups in total. The van der Waals surface area contributed by atoms with Crippen LogP contribution in [-0.4, -0.2) is 23.8 Å². The second-order valence-electron chi connectivity index (χ2n) is 2.54. The van der Waals surface area contributed by atoms with Gasteiger partial charge in [0, 0.05) is 18.9 Å². The number of rotatable bonds is 3. The first-order valence-corrected chi connectivity index (χ1v) is 5.26. The Labute approximate surface area is 63.3 Å². The normalized spacial score (nSPS) is 19.5. The molecule has 0 bridgehead atoms. The zero-order valence-corrected chi connectivity index (χ0v) is 7.34. The fourth-order valence-electron chi connectivity index (χ4n) is 0.443. The molecule has 0 aromatic heterocycles. The molecular weight excluding hydrogens is 151 g/mol. The molecule has 64 valence electrons. The molecule has 0 rings (SSSR count). The Hall–Kier alpha value is 0.110. The molecule has 0 fully saturated rings. The van der Waals surface area contributed by atoms with Gasteiger partial charge in [0.15, 0.2) is 7.37 Å². The van der Waals surface area contributed by atoms with Crippen LogP contribution >= 0.6 is 7.37 Å². The Morgan fingerprint density at radius 3 is 2.40 bits per heavy atom. The highest BCUT2D eigenvalue weighted by atomic mass is 31.2. The molecule has 1 unspecified atom stereocenters. The van der Waals surface area contributed by atoms with E-state index in [2.05, 4.69) is 6.14 Å². The van der Waals surface area contributed by atoms with E-state index in [1.165, 1.54) is 6.66 Å². The molecule has 0 saturated carbocycles. The minimum Gasteiger partial charge on any atom is -0.344 e. The van der Waals surface area contributed by atoms with Crippen molar-refractivity contribution in [2.75, 3.05) is 12.8 Å². The highest BCUT2D eigenvalue weighted by Crippen LogP contribution is 2.35. The van der Waals surface area contributed by atoms with Crippen LogP contribution in [0.15, 0.2) is 0 Å². The molecule has 0 spiro atoms. The van der Waals surface area contributed by atoms with Crippen molar-refractivity contribution in [3.05, 3.63) is 0 Å². The van der Waals surface area contributed by atoms with Crippen molar-refractivity contribution in [2.45, 2.75) is 19.4 Å². The third kappa shape index (κ3) is 11.0. The van der Waals surface area contributed by atoms with Crippen molar-refractivity contribution in [1.29, 1.82) is 0 Å². The predicted octanol–water partition coefficient (Wildman–Crippen LogP) is 0.786. The number of hydrogen-bond donors (Lipinski definition) is 3. The maximum atomic E-state index is 10.6. The van der Waals surface area contributed by atoms with Gasteiger partial charge >= 0.3 is 0 Å². The van der Waals surface area contributed by atoms with E-state index < -0.39 is 7.37 Å². The lowest BCUT2D eigenvalue weighted by Gasteiger charge is -2.06. The van der Waals surface area contributed by atoms with Crippen molar-refractivity contribution in [3.8, 4) is 0 Å². The third-order valence-electron chi connectivity index (χ3n) is 0.999. The van der Waals surface area contributed by atoms with Gasteiger partial charge in [-0.15, -0.1) is 0 Å². The molecule has 0 heterocycles. The van der Waals surface area contributed by atoms with Gasteiger partial charge < -0.3 is 16.8 Å². The SMILES string of the molecule is C[C@@H](N)CCP(C)(=O)O.[2H]N. The van der Waals surface area contributed by atoms with E-state index in [-0.39, 0.29) is 6.04 Å². The first kappa shape index (κ1) is 10.1. The van der Waals surface area contributed by atoms with Crippen LogP contribution in [0.4, 0.5) is 0 Å². The summed E-state index contributed by atoms with van der Waals surface area (Å²) in [6.07, 6.45) is 4.72. The van der Waals surface area contributed by atoms with E-state index in [0.29, 0.717) is 12.6 Å². The van der Waals surface area contributed by atoms with Crippen LogP contribution in [0.5, 0.6) is 0 Å². The van der Waals surface area contributed by atoms with E-state index in [1.54, 1.807) is 0 Å². The van der Waals surface area contributed by atoms with Gasteiger partial charge in [0.2, 0.25) is 0 Å². The summed E-state index contributed by atoms with van der Waals surface area (Å²) in [6, 6.07) is 0.0328. The molecule has 0 saturated heterocycles. The van der Waals surface area contributed by atoms with Crippen LogP contribution in [0.2, 0.25) is 1.41 Å². The quantitative estimate of drug-likeness (QED) is 0.544. The average Bonchev–Trinajstić information content (AvgIpc) is 1.87. The van der Waals surface area contributed by atoms with Gasteiger partial charge in [-0.1, -0.05) is 0 Å². The molecule has 0 amide bonds. The van der Waals surface area contributed by atoms with Gasteiger partial charge in [0.05, 0.1) is 0 Å². The average molecular weight is 169 g/mol. The Bertz CT molecular complexity index is 126. The highest BCUT2D eigenvalue weighted by molar-refractivity contribution is 7.57. The van der Waals surface area contributed by atoms with Crippen LogP contribution in [-0.2, 0) is 4.57 Å². The Kier molecular flexibility index (Phi) is 4.91. The molecule has 0 aliphatic carbocycles. The Balaban J connectivity index is 0. The zero-order chi connectivity index (χ0) is 9.49. The van der Waals surface area contributed by atoms with Gasteiger partial charge in [0.1, 0.15) is 1.41 Å². The van der Waals surface area contributed by atoms with E-state index in [1.807, 2.05) is 6.92 Å². The largest absolute Gasteiger partial charge is 0.344 e. The Morgan fingerprint density at radius 1 is 1.90 bits per heavy atom. The van der Waals surface area contributed by atoms with E-state index in [0.717, 1.165) is 0 Å². The minimum atomic E-state index is -2.80. The summed E-state index contributed by atoms with van der Waals surface area (Å²) in [5.74, 6) is 0. The van der Waals surface area contributed by atoms with E-state index in [9.17, 15) is 4.57 Å². The monoisotopic (exact) mass is 169 g/mol. The van der Waals surface area contributed by atoms with Gasteiger partial charge in [-0.3, -0.25) is 4.57 Å². The standard InChI is InChI=1S/C5H14NO2P.H3N/c1-5(6)3-4-9(2,7)8;/h5H,3-4,6H2,1-2H3,(H,7,8);1H3/t5-;/m1./s1/i/hD. The maximum Gasteiger partial charge on any atom is 0.197 e. The summed E-state index contributed by atoms with van der Waals surface area (Å²) in [7, 11) is -2.80. The first-order chi connectivity index (χ1) is 4.92. The van der Waals surface area contributed by atoms with Crippen LogP contribution < -0.4 is 11.9 Å². The lowest BCUT2D eigenvalue weighted by molar-refractivity contribution is 0.480. The van der Waals surface area contributed by atoms with E-state index in [4.69, 9.17) is 12.0 Å². The fraction of sp³-hybridized carbons (Fsp3) is 1.00. The topological polar surface area (TPSA) is 98.3 Å². The molecule has 2 atom stereocenters. The van der Waals surface area contributed by atoms with Gasteiger partial charge in [-0.25, -0.2) is 0 Å². The third-order valence-corrected chi connectivity index (χ3v) is 2.09. The van der Waals surface area contributed by atoms with Gasteiger partial charge in [0.25, 0.3) is 0 Å². The number of nitrogens with two attached hydrogens (primary N) is 1. The second-order valence-corrected chi connectivity index (χ2v) is 5.09. The van der Waals surface area contributed by atoms with Crippen molar-refractivity contribution >= 4 is 7.37 Å². The molecular formula is C5H17N2O2P. The molecule has 0 aliphatic heterocycles. The summed E-state index contributed by atoms with van der Waals surface area (Å²) in [6.45, 7) is 3.19. The molecule has 10 heavy (non-hydrogen) atoms. The first-order valence-electron chi connectivity index (χ1n) is 3.54. The van der Waals surface area contributed by atoms with Crippen molar-refractivity contribution in [1.82, 2.24) is 6.14 Å². The summed E-state index contributed by atoms with van der Waals surface area (Å²) in [5, 5.41) is 0. The molecule has 5 heteroatoms. The molecule has 0 aromatic carbocycles. The predicted molar refractivity (Wildman–Crippen MR) is 43.9 cm³/mol. The van der Waals surface area contributed by atoms with Gasteiger partial charge in [-0.2, -0.15) is 0 Å². The molecule has 0 aliphatic rings. The van der Waals surface area contributed by atoms with Crippen LogP contribution in [0, 0.1) is 0 Å². The van der Waals surface area contributed by atoms with Crippen LogP contribution in [0.1, 0.15) is 13.3 Å². The molecule has 4 nitrogen and oxygen atoms in total. The van der Waals surface area contributed by atoms with E-state index >= 15 is 0 Å². The summed E-state index contributed by atoms with van der Waals surface area (Å²) < 4.78 is 15.9. The van der Waals surface area contributed by atoms with Crippen molar-refractivity contribution in [2.24, 2.45) is 5.73 Å². The summed E-state index contributed by atoms with van der Waals surface area (Å²) >= 11 is 0. The fourth-order valence-corrected chi connectivity index (χ4v) is 1.33. The zero-order valence-electron chi connectivity index (χ0n) is 7.45. The van der Waals surface area contributed by atoms with Crippen molar-refractivity contribution in [3.63, 3.8) is 0 Å². The molecule has 0 radical (unpaired) electrons. The summed E-state index contributed by atoms with van der Waals surface area (Å²) in [4.78, 5) is 8.77. The van der Waals surface area contributed by atoms with Crippen LogP contribution in [0.25, 0.3) is 0 Å². The second kappa shape index (κ2) is 4.85. The highest BCUT2D eigenvalue weighted by Gasteiger charge is 2.09. The van der Waals surface area contributed by atoms with Gasteiger partial charge in [-0.05, 0) is 13.3 Å². The lowest BCUT2D eigenvalue weighted by Crippen LogP contribution is -2.16. The Morgan fingerprint density at radius 2 is 2.30 bits per heavy atom. The van der Waals surface area contributed by atoms with Crippen molar-refractivity contribution < 1.29 is 10.9 Å². The number of hydrogen-bond acceptors (Lipinski definition) is 3. The molecule has 0 aromatic rings. The minimum absolute atomic E-state index is 0.0328. The van der Waals surface area contributed by atoms with Crippen LogP contribution in [0.3, 0.4) is 0 Å².